The third kappa shape index (κ3) is 4.37. The first-order valence-corrected chi connectivity index (χ1v) is 10.1. The fourth-order valence-corrected chi connectivity index (χ4v) is 3.99. The van der Waals surface area contributed by atoms with Crippen LogP contribution in [0, 0.1) is 0 Å². The molecule has 5 nitrogen and oxygen atoms in total. The van der Waals surface area contributed by atoms with Gasteiger partial charge in [0.1, 0.15) is 5.75 Å². The second-order valence-electron chi connectivity index (χ2n) is 7.81. The quantitative estimate of drug-likeness (QED) is 0.866. The summed E-state index contributed by atoms with van der Waals surface area (Å²) in [5.41, 5.74) is 4.48. The van der Waals surface area contributed by atoms with Gasteiger partial charge in [-0.2, -0.15) is 0 Å². The molecule has 1 saturated heterocycles. The van der Waals surface area contributed by atoms with E-state index in [1.54, 1.807) is 0 Å². The summed E-state index contributed by atoms with van der Waals surface area (Å²) in [6.07, 6.45) is 1.17. The normalized spacial score (nSPS) is 21.3. The Balaban J connectivity index is 1.30. The van der Waals surface area contributed by atoms with Crippen molar-refractivity contribution in [2.45, 2.75) is 45.6 Å². The van der Waals surface area contributed by atoms with Gasteiger partial charge in [-0.3, -0.25) is 4.79 Å². The molecule has 2 aromatic rings. The topological polar surface area (TPSA) is 50.8 Å². The van der Waals surface area contributed by atoms with Crippen LogP contribution in [-0.4, -0.2) is 42.7 Å². The number of nitrogens with zero attached hydrogens (tertiary/aromatic N) is 1. The summed E-state index contributed by atoms with van der Waals surface area (Å²) in [4.78, 5) is 14.6. The first-order chi connectivity index (χ1) is 13.6. The second-order valence-corrected chi connectivity index (χ2v) is 7.81. The molecular weight excluding hydrogens is 352 g/mol. The molecule has 5 heteroatoms. The molecule has 2 atom stereocenters. The highest BCUT2D eigenvalue weighted by atomic mass is 16.5. The maximum Gasteiger partial charge on any atom is 0.254 e. The SMILES string of the molecule is CC1CN(C(=O)c2ccc(CNCc3ccc4c(c3)CCO4)cc2)CC(C)O1. The number of hydrogen-bond donors (Lipinski definition) is 1. The summed E-state index contributed by atoms with van der Waals surface area (Å²) < 4.78 is 11.3. The molecule has 1 fully saturated rings. The lowest BCUT2D eigenvalue weighted by Crippen LogP contribution is -2.48. The molecule has 0 aromatic heterocycles. The number of hydrogen-bond acceptors (Lipinski definition) is 4. The van der Waals surface area contributed by atoms with Crippen LogP contribution in [0.1, 0.15) is 40.9 Å². The van der Waals surface area contributed by atoms with Crippen molar-refractivity contribution in [3.8, 4) is 5.75 Å². The number of nitrogens with one attached hydrogen (secondary N) is 1. The van der Waals surface area contributed by atoms with Crippen molar-refractivity contribution in [1.29, 1.82) is 0 Å². The fraction of sp³-hybridized carbons (Fsp3) is 0.435. The molecule has 2 unspecified atom stereocenters. The van der Waals surface area contributed by atoms with Gasteiger partial charge in [0.2, 0.25) is 0 Å². The fourth-order valence-electron chi connectivity index (χ4n) is 3.99. The minimum atomic E-state index is 0.0851. The number of rotatable bonds is 5. The van der Waals surface area contributed by atoms with E-state index in [1.165, 1.54) is 16.7 Å². The highest BCUT2D eigenvalue weighted by molar-refractivity contribution is 5.94. The summed E-state index contributed by atoms with van der Waals surface area (Å²) in [6.45, 7) is 7.71. The van der Waals surface area contributed by atoms with Gasteiger partial charge in [-0.15, -0.1) is 0 Å². The van der Waals surface area contributed by atoms with Crippen LogP contribution in [0.15, 0.2) is 42.5 Å². The largest absolute Gasteiger partial charge is 0.493 e. The molecule has 4 rings (SSSR count). The van der Waals surface area contributed by atoms with Gasteiger partial charge in [-0.1, -0.05) is 24.3 Å². The Morgan fingerprint density at radius 2 is 1.71 bits per heavy atom. The van der Waals surface area contributed by atoms with E-state index in [0.717, 1.165) is 37.4 Å². The van der Waals surface area contributed by atoms with Gasteiger partial charge in [0.25, 0.3) is 5.91 Å². The monoisotopic (exact) mass is 380 g/mol. The van der Waals surface area contributed by atoms with E-state index in [4.69, 9.17) is 9.47 Å². The van der Waals surface area contributed by atoms with Crippen molar-refractivity contribution >= 4 is 5.91 Å². The van der Waals surface area contributed by atoms with Crippen LogP contribution in [0.3, 0.4) is 0 Å². The maximum absolute atomic E-state index is 12.7. The van der Waals surface area contributed by atoms with Gasteiger partial charge in [0.05, 0.1) is 18.8 Å². The van der Waals surface area contributed by atoms with Crippen molar-refractivity contribution in [1.82, 2.24) is 10.2 Å². The summed E-state index contributed by atoms with van der Waals surface area (Å²) in [6, 6.07) is 14.3. The van der Waals surface area contributed by atoms with Crippen LogP contribution >= 0.6 is 0 Å². The molecule has 0 saturated carbocycles. The lowest BCUT2D eigenvalue weighted by Gasteiger charge is -2.35. The standard InChI is InChI=1S/C23H28N2O3/c1-16-14-25(15-17(2)28-16)23(26)20-6-3-18(4-7-20)12-24-13-19-5-8-22-21(11-19)9-10-27-22/h3-8,11,16-17,24H,9-10,12-15H2,1-2H3. The molecule has 2 aliphatic rings. The van der Waals surface area contributed by atoms with Crippen LogP contribution in [0.4, 0.5) is 0 Å². The average Bonchev–Trinajstić information content (AvgIpc) is 3.15. The van der Waals surface area contributed by atoms with E-state index in [9.17, 15) is 4.79 Å². The number of fused-ring (bicyclic) bond motifs is 1. The Morgan fingerprint density at radius 1 is 1.04 bits per heavy atom. The van der Waals surface area contributed by atoms with Crippen molar-refractivity contribution in [3.05, 3.63) is 64.7 Å². The molecule has 0 radical (unpaired) electrons. The minimum Gasteiger partial charge on any atom is -0.493 e. The van der Waals surface area contributed by atoms with Gasteiger partial charge in [0, 0.05) is 38.2 Å². The van der Waals surface area contributed by atoms with Crippen molar-refractivity contribution in [3.63, 3.8) is 0 Å². The Hall–Kier alpha value is -2.37. The highest BCUT2D eigenvalue weighted by Gasteiger charge is 2.26. The minimum absolute atomic E-state index is 0.0851. The van der Waals surface area contributed by atoms with Gasteiger partial charge >= 0.3 is 0 Å². The van der Waals surface area contributed by atoms with Crippen molar-refractivity contribution < 1.29 is 14.3 Å². The zero-order valence-electron chi connectivity index (χ0n) is 16.6. The average molecular weight is 380 g/mol. The molecule has 1 amide bonds. The Labute approximate surface area is 166 Å². The second kappa shape index (κ2) is 8.33. The van der Waals surface area contributed by atoms with Crippen LogP contribution < -0.4 is 10.1 Å². The van der Waals surface area contributed by atoms with Gasteiger partial charge in [-0.05, 0) is 48.7 Å². The van der Waals surface area contributed by atoms with Crippen LogP contribution in [-0.2, 0) is 24.2 Å². The van der Waals surface area contributed by atoms with E-state index in [-0.39, 0.29) is 18.1 Å². The van der Waals surface area contributed by atoms with Crippen molar-refractivity contribution in [2.24, 2.45) is 0 Å². The van der Waals surface area contributed by atoms with E-state index < -0.39 is 0 Å². The summed E-state index contributed by atoms with van der Waals surface area (Å²) in [5, 5.41) is 3.48. The summed E-state index contributed by atoms with van der Waals surface area (Å²) >= 11 is 0. The Kier molecular flexibility index (Phi) is 5.64. The zero-order chi connectivity index (χ0) is 19.5. The Bertz CT molecular complexity index is 824. The van der Waals surface area contributed by atoms with Crippen LogP contribution in [0.2, 0.25) is 0 Å². The molecule has 28 heavy (non-hydrogen) atoms. The van der Waals surface area contributed by atoms with E-state index >= 15 is 0 Å². The van der Waals surface area contributed by atoms with Crippen molar-refractivity contribution in [2.75, 3.05) is 19.7 Å². The summed E-state index contributed by atoms with van der Waals surface area (Å²) in [7, 11) is 0. The smallest absolute Gasteiger partial charge is 0.254 e. The molecule has 148 valence electrons. The number of benzene rings is 2. The third-order valence-electron chi connectivity index (χ3n) is 5.32. The summed E-state index contributed by atoms with van der Waals surface area (Å²) in [5.74, 6) is 1.11. The number of amides is 1. The number of carbonyl (C=O) groups is 1. The third-order valence-corrected chi connectivity index (χ3v) is 5.32. The first kappa shape index (κ1) is 19.0. The first-order valence-electron chi connectivity index (χ1n) is 10.1. The molecule has 2 aliphatic heterocycles. The number of carbonyl (C=O) groups excluding carboxylic acids is 1. The van der Waals surface area contributed by atoms with Gasteiger partial charge < -0.3 is 19.7 Å². The van der Waals surface area contributed by atoms with E-state index in [0.29, 0.717) is 13.1 Å². The molecule has 0 aliphatic carbocycles. The molecule has 2 aromatic carbocycles. The molecule has 2 heterocycles. The van der Waals surface area contributed by atoms with Gasteiger partial charge in [-0.25, -0.2) is 0 Å². The van der Waals surface area contributed by atoms with E-state index in [1.807, 2.05) is 43.0 Å². The zero-order valence-corrected chi connectivity index (χ0v) is 16.6. The Morgan fingerprint density at radius 3 is 2.46 bits per heavy atom. The van der Waals surface area contributed by atoms with Crippen LogP contribution in [0.5, 0.6) is 5.75 Å². The molecule has 1 N–H and O–H groups in total. The molecule has 0 bridgehead atoms. The maximum atomic E-state index is 12.7. The number of morpholine rings is 1. The molecule has 0 spiro atoms. The van der Waals surface area contributed by atoms with E-state index in [2.05, 4.69) is 23.5 Å². The highest BCUT2D eigenvalue weighted by Crippen LogP contribution is 2.25. The van der Waals surface area contributed by atoms with Gasteiger partial charge in [0.15, 0.2) is 0 Å². The lowest BCUT2D eigenvalue weighted by atomic mass is 10.1. The number of ether oxygens (including phenoxy) is 2. The van der Waals surface area contributed by atoms with Crippen LogP contribution in [0.25, 0.3) is 0 Å². The lowest BCUT2D eigenvalue weighted by molar-refractivity contribution is -0.0586. The molecular formula is C23H28N2O3. The predicted molar refractivity (Wildman–Crippen MR) is 109 cm³/mol. The predicted octanol–water partition coefficient (Wildman–Crippen LogP) is 3.16.